The zero-order chi connectivity index (χ0) is 22.6. The minimum Gasteiger partial charge on any atom is -0.322 e. The Morgan fingerprint density at radius 1 is 1.37 bits per heavy atom. The minimum atomic E-state index is -4.68. The van der Waals surface area contributed by atoms with Crippen molar-refractivity contribution in [2.75, 3.05) is 5.32 Å². The number of fused-ring (bicyclic) bond motifs is 1. The van der Waals surface area contributed by atoms with Crippen LogP contribution in [0.5, 0.6) is 0 Å². The first kappa shape index (κ1) is 22.5. The van der Waals surface area contributed by atoms with Gasteiger partial charge in [-0.3, -0.25) is 9.59 Å². The monoisotopic (exact) mass is 481 g/mol. The fourth-order valence-electron chi connectivity index (χ4n) is 3.12. The number of thiazole rings is 1. The topological polar surface area (TPSA) is 96.4 Å². The van der Waals surface area contributed by atoms with Crippen molar-refractivity contribution in [2.24, 2.45) is 0 Å². The average Bonchev–Trinajstić information content (AvgIpc) is 3.11. The van der Waals surface area contributed by atoms with E-state index in [9.17, 15) is 31.2 Å². The molecular weight excluding hydrogens is 467 g/mol. The molecule has 2 heterocycles. The SMILES string of the molecule is CC(=O)Nc1nc(C)c(-c2cc3c(c(S(=O)(=O)Cl)c2)C(=O)N(C(C)C(F)(F)F)C3)s1. The Hall–Kier alpha value is -2.18. The van der Waals surface area contributed by atoms with E-state index in [-0.39, 0.29) is 22.2 Å². The zero-order valence-electron chi connectivity index (χ0n) is 15.8. The number of halogens is 4. The van der Waals surface area contributed by atoms with E-state index < -0.39 is 38.6 Å². The van der Waals surface area contributed by atoms with Crippen molar-refractivity contribution in [3.8, 4) is 10.4 Å². The lowest BCUT2D eigenvalue weighted by molar-refractivity contribution is -0.172. The van der Waals surface area contributed by atoms with E-state index in [1.165, 1.54) is 13.0 Å². The summed E-state index contributed by atoms with van der Waals surface area (Å²) in [5.74, 6) is -1.41. The number of aromatic nitrogens is 1. The molecule has 0 aliphatic carbocycles. The summed E-state index contributed by atoms with van der Waals surface area (Å²) in [6, 6.07) is 0.474. The van der Waals surface area contributed by atoms with Crippen molar-refractivity contribution >= 4 is 48.0 Å². The van der Waals surface area contributed by atoms with Crippen LogP contribution in [0.3, 0.4) is 0 Å². The van der Waals surface area contributed by atoms with Crippen molar-refractivity contribution in [3.63, 3.8) is 0 Å². The van der Waals surface area contributed by atoms with Gasteiger partial charge in [-0.25, -0.2) is 13.4 Å². The molecule has 1 aliphatic heterocycles. The highest BCUT2D eigenvalue weighted by Gasteiger charge is 2.46. The van der Waals surface area contributed by atoms with Gasteiger partial charge in [0.15, 0.2) is 5.13 Å². The third kappa shape index (κ3) is 4.16. The average molecular weight is 482 g/mol. The van der Waals surface area contributed by atoms with Crippen LogP contribution in [0.2, 0.25) is 0 Å². The molecule has 0 saturated heterocycles. The Labute approximate surface area is 178 Å². The van der Waals surface area contributed by atoms with Gasteiger partial charge >= 0.3 is 6.18 Å². The second-order valence-electron chi connectivity index (χ2n) is 6.71. The number of rotatable bonds is 4. The van der Waals surface area contributed by atoms with Gasteiger partial charge in [-0.15, -0.1) is 0 Å². The molecule has 1 unspecified atom stereocenters. The maximum atomic E-state index is 13.2. The van der Waals surface area contributed by atoms with E-state index in [1.807, 2.05) is 0 Å². The fourth-order valence-corrected chi connectivity index (χ4v) is 5.22. The lowest BCUT2D eigenvalue weighted by Gasteiger charge is -2.26. The Balaban J connectivity index is 2.16. The van der Waals surface area contributed by atoms with E-state index >= 15 is 0 Å². The van der Waals surface area contributed by atoms with Crippen molar-refractivity contribution in [2.45, 2.75) is 44.4 Å². The summed E-state index contributed by atoms with van der Waals surface area (Å²) in [5.41, 5.74) is 0.524. The molecule has 162 valence electrons. The molecule has 2 amide bonds. The smallest absolute Gasteiger partial charge is 0.322 e. The molecular formula is C17H15ClF3N3O4S2. The van der Waals surface area contributed by atoms with Gasteiger partial charge in [-0.05, 0) is 37.1 Å². The first-order valence-corrected chi connectivity index (χ1v) is 11.6. The lowest BCUT2D eigenvalue weighted by atomic mass is 10.0. The maximum Gasteiger partial charge on any atom is 0.408 e. The highest BCUT2D eigenvalue weighted by atomic mass is 35.7. The normalized spacial score (nSPS) is 15.3. The standard InChI is InChI=1S/C17H15ClF3N3O4S2/c1-7-14(29-16(22-7)23-9(3)25)10-4-11-6-24(8(2)17(19,20)21)15(26)13(11)12(5-10)30(18,27)28/h4-5,8H,6H2,1-3H3,(H,22,23,25). The van der Waals surface area contributed by atoms with E-state index in [0.29, 0.717) is 21.0 Å². The number of anilines is 1. The van der Waals surface area contributed by atoms with Crippen LogP contribution < -0.4 is 5.32 Å². The van der Waals surface area contributed by atoms with Gasteiger partial charge in [0.05, 0.1) is 21.0 Å². The number of alkyl halides is 3. The summed E-state index contributed by atoms with van der Waals surface area (Å²) in [4.78, 5) is 28.5. The van der Waals surface area contributed by atoms with Gasteiger partial charge in [-0.1, -0.05) is 11.3 Å². The van der Waals surface area contributed by atoms with Gasteiger partial charge in [0.2, 0.25) is 5.91 Å². The van der Waals surface area contributed by atoms with Crippen LogP contribution in [0.4, 0.5) is 18.3 Å². The van der Waals surface area contributed by atoms with Gasteiger partial charge in [0.1, 0.15) is 6.04 Å². The molecule has 7 nitrogen and oxygen atoms in total. The number of aryl methyl sites for hydroxylation is 1. The van der Waals surface area contributed by atoms with Crippen molar-refractivity contribution in [3.05, 3.63) is 29.0 Å². The molecule has 0 saturated carbocycles. The molecule has 1 aromatic carbocycles. The molecule has 1 aromatic heterocycles. The molecule has 1 N–H and O–H groups in total. The Morgan fingerprint density at radius 3 is 2.53 bits per heavy atom. The number of nitrogens with one attached hydrogen (secondary N) is 1. The van der Waals surface area contributed by atoms with E-state index in [2.05, 4.69) is 10.3 Å². The Bertz CT molecular complexity index is 1160. The Kier molecular flexibility index (Phi) is 5.63. The molecule has 1 atom stereocenters. The number of carbonyl (C=O) groups is 2. The molecule has 0 radical (unpaired) electrons. The van der Waals surface area contributed by atoms with Crippen LogP contribution >= 0.6 is 22.0 Å². The second-order valence-corrected chi connectivity index (χ2v) is 10.2. The van der Waals surface area contributed by atoms with Gasteiger partial charge in [0, 0.05) is 24.2 Å². The highest BCUT2D eigenvalue weighted by Crippen LogP contribution is 2.41. The van der Waals surface area contributed by atoms with Crippen molar-refractivity contribution in [1.29, 1.82) is 0 Å². The van der Waals surface area contributed by atoms with Crippen LogP contribution in [0.25, 0.3) is 10.4 Å². The van der Waals surface area contributed by atoms with Crippen LogP contribution in [-0.2, 0) is 20.4 Å². The van der Waals surface area contributed by atoms with Crippen LogP contribution in [-0.4, -0.2) is 42.3 Å². The minimum absolute atomic E-state index is 0.113. The predicted molar refractivity (Wildman–Crippen MR) is 105 cm³/mol. The molecule has 13 heteroatoms. The number of carbonyl (C=O) groups excluding carboxylic acids is 2. The third-order valence-electron chi connectivity index (χ3n) is 4.54. The number of hydrogen-bond acceptors (Lipinski definition) is 6. The summed E-state index contributed by atoms with van der Waals surface area (Å²) >= 11 is 1.06. The molecule has 0 fully saturated rings. The number of benzene rings is 1. The fraction of sp³-hybridized carbons (Fsp3) is 0.353. The summed E-state index contributed by atoms with van der Waals surface area (Å²) in [6.07, 6.45) is -4.68. The van der Waals surface area contributed by atoms with Gasteiger partial charge in [-0.2, -0.15) is 13.2 Å². The molecule has 0 spiro atoms. The highest BCUT2D eigenvalue weighted by molar-refractivity contribution is 8.13. The molecule has 2 aromatic rings. The van der Waals surface area contributed by atoms with E-state index in [4.69, 9.17) is 10.7 Å². The largest absolute Gasteiger partial charge is 0.408 e. The Morgan fingerprint density at radius 2 is 2.00 bits per heavy atom. The number of amides is 2. The van der Waals surface area contributed by atoms with E-state index in [1.54, 1.807) is 6.92 Å². The zero-order valence-corrected chi connectivity index (χ0v) is 18.2. The van der Waals surface area contributed by atoms with Gasteiger partial charge in [0.25, 0.3) is 15.0 Å². The van der Waals surface area contributed by atoms with Crippen LogP contribution in [0.1, 0.15) is 35.5 Å². The quantitative estimate of drug-likeness (QED) is 0.668. The maximum absolute atomic E-state index is 13.2. The molecule has 0 bridgehead atoms. The van der Waals surface area contributed by atoms with E-state index in [0.717, 1.165) is 24.3 Å². The summed E-state index contributed by atoms with van der Waals surface area (Å²) in [7, 11) is 1.06. The summed E-state index contributed by atoms with van der Waals surface area (Å²) < 4.78 is 63.7. The first-order chi connectivity index (χ1) is 13.7. The predicted octanol–water partition coefficient (Wildman–Crippen LogP) is 3.91. The van der Waals surface area contributed by atoms with Crippen molar-refractivity contribution < 1.29 is 31.2 Å². The second kappa shape index (κ2) is 7.50. The molecule has 3 rings (SSSR count). The third-order valence-corrected chi connectivity index (χ3v) is 7.01. The van der Waals surface area contributed by atoms with Crippen molar-refractivity contribution in [1.82, 2.24) is 9.88 Å². The summed E-state index contributed by atoms with van der Waals surface area (Å²) in [5, 5.41) is 2.79. The number of hydrogen-bond donors (Lipinski definition) is 1. The summed E-state index contributed by atoms with van der Waals surface area (Å²) in [6.45, 7) is 3.33. The first-order valence-electron chi connectivity index (χ1n) is 8.44. The van der Waals surface area contributed by atoms with Crippen LogP contribution in [0.15, 0.2) is 17.0 Å². The van der Waals surface area contributed by atoms with Gasteiger partial charge < -0.3 is 10.2 Å². The molecule has 30 heavy (non-hydrogen) atoms. The lowest BCUT2D eigenvalue weighted by Crippen LogP contribution is -2.43. The van der Waals surface area contributed by atoms with Crippen LogP contribution in [0, 0.1) is 6.92 Å². The molecule has 1 aliphatic rings. The number of nitrogens with zero attached hydrogens (tertiary/aromatic N) is 2.